The molecule has 2 unspecified atom stereocenters. The first kappa shape index (κ1) is 57.2. The molecular formula is C50H99NO9. The van der Waals surface area contributed by atoms with Gasteiger partial charge in [0.25, 0.3) is 0 Å². The van der Waals surface area contributed by atoms with Gasteiger partial charge in [0.2, 0.25) is 5.91 Å². The Balaban J connectivity index is 2.32. The molecule has 0 aromatic heterocycles. The first-order chi connectivity index (χ1) is 29.3. The molecule has 0 aliphatic carbocycles. The Morgan fingerprint density at radius 3 is 1.23 bits per heavy atom. The Labute approximate surface area is 368 Å². The van der Waals surface area contributed by atoms with Crippen LogP contribution in [0.15, 0.2) is 0 Å². The van der Waals surface area contributed by atoms with Gasteiger partial charge in [-0.1, -0.05) is 232 Å². The predicted octanol–water partition coefficient (Wildman–Crippen LogP) is 10.5. The summed E-state index contributed by atoms with van der Waals surface area (Å²) in [6.45, 7) is 3.64. The van der Waals surface area contributed by atoms with Crippen molar-refractivity contribution >= 4 is 5.91 Å². The van der Waals surface area contributed by atoms with Gasteiger partial charge in [0.05, 0.1) is 25.4 Å². The Bertz CT molecular complexity index is 926. The molecule has 1 saturated heterocycles. The highest BCUT2D eigenvalue weighted by atomic mass is 16.7. The summed E-state index contributed by atoms with van der Waals surface area (Å²) in [7, 11) is 0. The lowest BCUT2D eigenvalue weighted by Gasteiger charge is -2.40. The SMILES string of the molecule is CCCCCCCCCCCCCCCCCCCCCC(=O)N[C@@H](CO[C@@H]1O[C@H](CO)[C@@H](O)C(O)C1O)[C@H](O)[C@H](O)CCCCCCCCCCCCCCCCCC. The lowest BCUT2D eigenvalue weighted by Crippen LogP contribution is -2.60. The van der Waals surface area contributed by atoms with Crippen LogP contribution in [0.2, 0.25) is 0 Å². The maximum absolute atomic E-state index is 13.0. The second-order valence-electron chi connectivity index (χ2n) is 18.5. The Morgan fingerprint density at radius 2 is 0.867 bits per heavy atom. The Hall–Kier alpha value is -0.850. The quantitative estimate of drug-likeness (QED) is 0.0295. The van der Waals surface area contributed by atoms with E-state index in [2.05, 4.69) is 19.2 Å². The molecule has 1 aliphatic heterocycles. The summed E-state index contributed by atoms with van der Waals surface area (Å²) in [4.78, 5) is 13.0. The van der Waals surface area contributed by atoms with Crippen molar-refractivity contribution in [2.24, 2.45) is 0 Å². The summed E-state index contributed by atoms with van der Waals surface area (Å²) in [5, 5.41) is 65.4. The number of ether oxygens (including phenoxy) is 2. The zero-order chi connectivity index (χ0) is 43.9. The van der Waals surface area contributed by atoms with Gasteiger partial charge in [-0.2, -0.15) is 0 Å². The molecule has 1 aliphatic rings. The summed E-state index contributed by atoms with van der Waals surface area (Å²) >= 11 is 0. The van der Waals surface area contributed by atoms with E-state index in [4.69, 9.17) is 9.47 Å². The van der Waals surface area contributed by atoms with Crippen molar-refractivity contribution in [1.29, 1.82) is 0 Å². The largest absolute Gasteiger partial charge is 0.394 e. The number of rotatable bonds is 44. The molecule has 10 heteroatoms. The number of nitrogens with one attached hydrogen (secondary N) is 1. The van der Waals surface area contributed by atoms with Crippen LogP contribution in [-0.4, -0.2) is 98.7 Å². The third-order valence-corrected chi connectivity index (χ3v) is 12.8. The van der Waals surface area contributed by atoms with Crippen LogP contribution < -0.4 is 5.32 Å². The van der Waals surface area contributed by atoms with E-state index in [-0.39, 0.29) is 18.9 Å². The molecule has 10 nitrogen and oxygen atoms in total. The van der Waals surface area contributed by atoms with Crippen molar-refractivity contribution in [1.82, 2.24) is 5.32 Å². The van der Waals surface area contributed by atoms with Crippen LogP contribution in [0.5, 0.6) is 0 Å². The predicted molar refractivity (Wildman–Crippen MR) is 246 cm³/mol. The number of carbonyl (C=O) groups is 1. The third kappa shape index (κ3) is 30.3. The van der Waals surface area contributed by atoms with Crippen molar-refractivity contribution < 1.29 is 44.9 Å². The number of carbonyl (C=O) groups excluding carboxylic acids is 1. The van der Waals surface area contributed by atoms with Gasteiger partial charge < -0.3 is 45.4 Å². The number of aliphatic hydroxyl groups is 6. The summed E-state index contributed by atoms with van der Waals surface area (Å²) in [5.41, 5.74) is 0. The van der Waals surface area contributed by atoms with Crippen LogP contribution in [-0.2, 0) is 14.3 Å². The fourth-order valence-corrected chi connectivity index (χ4v) is 8.61. The van der Waals surface area contributed by atoms with Crippen LogP contribution in [0.4, 0.5) is 0 Å². The van der Waals surface area contributed by atoms with Gasteiger partial charge in [0, 0.05) is 6.42 Å². The van der Waals surface area contributed by atoms with Gasteiger partial charge in [-0.25, -0.2) is 0 Å². The smallest absolute Gasteiger partial charge is 0.220 e. The summed E-state index contributed by atoms with van der Waals surface area (Å²) in [6.07, 6.45) is 35.3. The van der Waals surface area contributed by atoms with Gasteiger partial charge in [-0.15, -0.1) is 0 Å². The first-order valence-corrected chi connectivity index (χ1v) is 25.8. The van der Waals surface area contributed by atoms with Gasteiger partial charge >= 0.3 is 0 Å². The van der Waals surface area contributed by atoms with Crippen LogP contribution in [0, 0.1) is 0 Å². The highest BCUT2D eigenvalue weighted by Crippen LogP contribution is 2.23. The van der Waals surface area contributed by atoms with Crippen molar-refractivity contribution in [3.63, 3.8) is 0 Å². The third-order valence-electron chi connectivity index (χ3n) is 12.8. The number of amides is 1. The second kappa shape index (κ2) is 40.9. The minimum atomic E-state index is -1.60. The van der Waals surface area contributed by atoms with Gasteiger partial charge in [-0.3, -0.25) is 4.79 Å². The number of aliphatic hydroxyl groups excluding tert-OH is 6. The zero-order valence-electron chi connectivity index (χ0n) is 39.1. The van der Waals surface area contributed by atoms with Crippen LogP contribution in [0.1, 0.15) is 251 Å². The molecule has 7 N–H and O–H groups in total. The minimum Gasteiger partial charge on any atom is -0.394 e. The van der Waals surface area contributed by atoms with E-state index in [9.17, 15) is 35.4 Å². The lowest BCUT2D eigenvalue weighted by molar-refractivity contribution is -0.303. The maximum Gasteiger partial charge on any atom is 0.220 e. The van der Waals surface area contributed by atoms with E-state index in [1.165, 1.54) is 186 Å². The van der Waals surface area contributed by atoms with E-state index in [0.29, 0.717) is 6.42 Å². The minimum absolute atomic E-state index is 0.252. The van der Waals surface area contributed by atoms with E-state index in [1.54, 1.807) is 0 Å². The van der Waals surface area contributed by atoms with Crippen LogP contribution in [0.3, 0.4) is 0 Å². The molecule has 0 aromatic carbocycles. The van der Waals surface area contributed by atoms with Crippen molar-refractivity contribution in [3.8, 4) is 0 Å². The molecule has 0 aromatic rings. The number of hydrogen-bond donors (Lipinski definition) is 7. The topological polar surface area (TPSA) is 169 Å². The van der Waals surface area contributed by atoms with E-state index >= 15 is 0 Å². The summed E-state index contributed by atoms with van der Waals surface area (Å²) in [5.74, 6) is -0.252. The lowest BCUT2D eigenvalue weighted by atomic mass is 9.98. The Morgan fingerprint density at radius 1 is 0.517 bits per heavy atom. The summed E-state index contributed by atoms with van der Waals surface area (Å²) in [6, 6.07) is -0.985. The molecule has 1 heterocycles. The molecule has 1 rings (SSSR count). The monoisotopic (exact) mass is 858 g/mol. The number of unbranched alkanes of at least 4 members (excludes halogenated alkanes) is 33. The molecule has 358 valence electrons. The van der Waals surface area contributed by atoms with Gasteiger partial charge in [-0.05, 0) is 12.8 Å². The zero-order valence-corrected chi connectivity index (χ0v) is 39.1. The van der Waals surface area contributed by atoms with Gasteiger partial charge in [0.1, 0.15) is 30.5 Å². The van der Waals surface area contributed by atoms with E-state index < -0.39 is 55.6 Å². The van der Waals surface area contributed by atoms with Crippen molar-refractivity contribution in [3.05, 3.63) is 0 Å². The normalized spacial score (nSPS) is 21.0. The van der Waals surface area contributed by atoms with Crippen LogP contribution in [0.25, 0.3) is 0 Å². The Kier molecular flexibility index (Phi) is 39.0. The van der Waals surface area contributed by atoms with Gasteiger partial charge in [0.15, 0.2) is 6.29 Å². The maximum atomic E-state index is 13.0. The molecule has 0 bridgehead atoms. The molecule has 60 heavy (non-hydrogen) atoms. The van der Waals surface area contributed by atoms with Crippen molar-refractivity contribution in [2.45, 2.75) is 300 Å². The highest BCUT2D eigenvalue weighted by molar-refractivity contribution is 5.76. The average Bonchev–Trinajstić information content (AvgIpc) is 3.25. The molecule has 0 spiro atoms. The first-order valence-electron chi connectivity index (χ1n) is 25.8. The fraction of sp³-hybridized carbons (Fsp3) is 0.980. The van der Waals surface area contributed by atoms with E-state index in [0.717, 1.165) is 38.5 Å². The molecular weight excluding hydrogens is 759 g/mol. The molecule has 0 radical (unpaired) electrons. The second-order valence-corrected chi connectivity index (χ2v) is 18.5. The number of hydrogen-bond acceptors (Lipinski definition) is 9. The molecule has 1 fully saturated rings. The van der Waals surface area contributed by atoms with Crippen LogP contribution >= 0.6 is 0 Å². The fourth-order valence-electron chi connectivity index (χ4n) is 8.61. The summed E-state index contributed by atoms with van der Waals surface area (Å²) < 4.78 is 11.2. The average molecular weight is 858 g/mol. The molecule has 1 amide bonds. The van der Waals surface area contributed by atoms with Crippen molar-refractivity contribution in [2.75, 3.05) is 13.2 Å². The van der Waals surface area contributed by atoms with E-state index in [1.807, 2.05) is 0 Å². The standard InChI is InChI=1S/C50H99NO9/c1-3-5-7-9-11-13-15-17-19-21-22-23-25-27-29-31-33-35-37-39-45(54)51-42(41-59-50-49(58)48(57)47(56)44(40-52)60-50)46(55)43(53)38-36-34-32-30-28-26-24-20-18-16-14-12-10-8-6-4-2/h42-44,46-50,52-53,55-58H,3-41H2,1-2H3,(H,51,54)/t42-,43+,44+,46-,47+,48?,49?,50+/m0/s1. The highest BCUT2D eigenvalue weighted by Gasteiger charge is 2.44. The molecule has 8 atom stereocenters. The molecule has 0 saturated carbocycles.